The van der Waals surface area contributed by atoms with Gasteiger partial charge in [-0.3, -0.25) is 0 Å². The van der Waals surface area contributed by atoms with E-state index in [4.69, 9.17) is 22.1 Å². The molecule has 1 N–H and O–H groups in total. The van der Waals surface area contributed by atoms with Crippen LogP contribution >= 0.6 is 11.6 Å². The van der Waals surface area contributed by atoms with Crippen LogP contribution in [0.15, 0.2) is 36.4 Å². The topological polar surface area (TPSA) is 59.6 Å². The average molecular weight is 272 g/mol. The summed E-state index contributed by atoms with van der Waals surface area (Å²) in [6.45, 7) is 0. The van der Waals surface area contributed by atoms with Crippen LogP contribution in [0.3, 0.4) is 0 Å². The SMILES string of the molecule is N#Cc1cc(F)ccc1Nc1cccc(Cl)c1C#N. The molecule has 0 fully saturated rings. The van der Waals surface area contributed by atoms with E-state index in [1.165, 1.54) is 12.1 Å². The van der Waals surface area contributed by atoms with Gasteiger partial charge in [-0.1, -0.05) is 17.7 Å². The lowest BCUT2D eigenvalue weighted by Crippen LogP contribution is -1.97. The highest BCUT2D eigenvalue weighted by Gasteiger charge is 2.09. The average Bonchev–Trinajstić information content (AvgIpc) is 2.41. The van der Waals surface area contributed by atoms with Crippen LogP contribution in [0, 0.1) is 28.5 Å². The summed E-state index contributed by atoms with van der Waals surface area (Å²) in [6.07, 6.45) is 0. The van der Waals surface area contributed by atoms with Gasteiger partial charge in [0.05, 0.1) is 27.5 Å². The van der Waals surface area contributed by atoms with E-state index in [1.54, 1.807) is 18.2 Å². The Kier molecular flexibility index (Phi) is 3.66. The van der Waals surface area contributed by atoms with Crippen molar-refractivity contribution in [2.75, 3.05) is 5.32 Å². The largest absolute Gasteiger partial charge is 0.353 e. The zero-order valence-electron chi connectivity index (χ0n) is 9.61. The monoisotopic (exact) mass is 271 g/mol. The summed E-state index contributed by atoms with van der Waals surface area (Å²) in [5, 5.41) is 21.2. The van der Waals surface area contributed by atoms with Crippen LogP contribution in [0.25, 0.3) is 0 Å². The summed E-state index contributed by atoms with van der Waals surface area (Å²) in [6, 6.07) is 12.6. The Morgan fingerprint density at radius 1 is 1.05 bits per heavy atom. The second-order valence-corrected chi connectivity index (χ2v) is 4.11. The molecule has 0 atom stereocenters. The number of halogens is 2. The summed E-state index contributed by atoms with van der Waals surface area (Å²) in [4.78, 5) is 0. The van der Waals surface area contributed by atoms with Crippen LogP contribution in [0.1, 0.15) is 11.1 Å². The maximum atomic E-state index is 13.0. The number of anilines is 2. The summed E-state index contributed by atoms with van der Waals surface area (Å²) in [5.41, 5.74) is 1.32. The minimum absolute atomic E-state index is 0.156. The first-order chi connectivity index (χ1) is 9.15. The summed E-state index contributed by atoms with van der Waals surface area (Å²) in [5.74, 6) is -0.492. The fraction of sp³-hybridized carbons (Fsp3) is 0. The lowest BCUT2D eigenvalue weighted by atomic mass is 10.1. The molecule has 0 heterocycles. The van der Waals surface area contributed by atoms with Crippen molar-refractivity contribution in [2.45, 2.75) is 0 Å². The fourth-order valence-corrected chi connectivity index (χ4v) is 1.82. The van der Waals surface area contributed by atoms with Crippen molar-refractivity contribution in [1.29, 1.82) is 10.5 Å². The molecule has 0 spiro atoms. The van der Waals surface area contributed by atoms with E-state index in [1.807, 2.05) is 12.1 Å². The zero-order valence-corrected chi connectivity index (χ0v) is 10.4. The molecule has 0 aliphatic heterocycles. The molecule has 2 aromatic carbocycles. The molecule has 5 heteroatoms. The maximum Gasteiger partial charge on any atom is 0.124 e. The van der Waals surface area contributed by atoms with Gasteiger partial charge in [-0.05, 0) is 30.3 Å². The van der Waals surface area contributed by atoms with Crippen molar-refractivity contribution in [1.82, 2.24) is 0 Å². The summed E-state index contributed by atoms with van der Waals surface area (Å²) >= 11 is 5.91. The molecular weight excluding hydrogens is 265 g/mol. The smallest absolute Gasteiger partial charge is 0.124 e. The molecule has 3 nitrogen and oxygen atoms in total. The minimum atomic E-state index is -0.492. The molecule has 0 unspecified atom stereocenters. The van der Waals surface area contributed by atoms with E-state index in [2.05, 4.69) is 5.32 Å². The Hall–Kier alpha value is -2.56. The van der Waals surface area contributed by atoms with Crippen LogP contribution in [-0.2, 0) is 0 Å². The van der Waals surface area contributed by atoms with Crippen molar-refractivity contribution in [2.24, 2.45) is 0 Å². The van der Waals surface area contributed by atoms with Crippen LogP contribution < -0.4 is 5.32 Å². The molecule has 0 aliphatic carbocycles. The molecule has 0 bridgehead atoms. The molecule has 0 aliphatic rings. The highest BCUT2D eigenvalue weighted by molar-refractivity contribution is 6.32. The third-order valence-electron chi connectivity index (χ3n) is 2.50. The Bertz CT molecular complexity index is 714. The van der Waals surface area contributed by atoms with E-state index in [0.29, 0.717) is 16.4 Å². The van der Waals surface area contributed by atoms with E-state index in [-0.39, 0.29) is 11.1 Å². The van der Waals surface area contributed by atoms with Gasteiger partial charge in [-0.25, -0.2) is 4.39 Å². The van der Waals surface area contributed by atoms with Gasteiger partial charge in [0, 0.05) is 0 Å². The van der Waals surface area contributed by atoms with Crippen molar-refractivity contribution < 1.29 is 4.39 Å². The van der Waals surface area contributed by atoms with Crippen LogP contribution in [0.4, 0.5) is 15.8 Å². The number of rotatable bonds is 2. The van der Waals surface area contributed by atoms with Gasteiger partial charge in [0.15, 0.2) is 0 Å². The van der Waals surface area contributed by atoms with Crippen molar-refractivity contribution >= 4 is 23.0 Å². The minimum Gasteiger partial charge on any atom is -0.353 e. The second kappa shape index (κ2) is 5.39. The number of benzene rings is 2. The molecular formula is C14H7ClFN3. The Morgan fingerprint density at radius 2 is 1.84 bits per heavy atom. The molecule has 2 aromatic rings. The number of nitrogens with one attached hydrogen (secondary N) is 1. The summed E-state index contributed by atoms with van der Waals surface area (Å²) in [7, 11) is 0. The molecule has 0 saturated heterocycles. The lowest BCUT2D eigenvalue weighted by molar-refractivity contribution is 0.627. The number of nitrogens with zero attached hydrogens (tertiary/aromatic N) is 2. The quantitative estimate of drug-likeness (QED) is 0.899. The van der Waals surface area contributed by atoms with Crippen LogP contribution in [-0.4, -0.2) is 0 Å². The predicted octanol–water partition coefficient (Wildman–Crippen LogP) is 3.97. The molecule has 92 valence electrons. The Balaban J connectivity index is 2.46. The third-order valence-corrected chi connectivity index (χ3v) is 2.81. The van der Waals surface area contributed by atoms with Gasteiger partial charge in [0.2, 0.25) is 0 Å². The molecule has 0 aromatic heterocycles. The van der Waals surface area contributed by atoms with Crippen molar-refractivity contribution in [3.8, 4) is 12.1 Å². The zero-order chi connectivity index (χ0) is 13.8. The highest BCUT2D eigenvalue weighted by atomic mass is 35.5. The van der Waals surface area contributed by atoms with Crippen LogP contribution in [0.2, 0.25) is 5.02 Å². The molecule has 0 radical (unpaired) electrons. The van der Waals surface area contributed by atoms with Gasteiger partial charge in [0.25, 0.3) is 0 Å². The second-order valence-electron chi connectivity index (χ2n) is 3.70. The lowest BCUT2D eigenvalue weighted by Gasteiger charge is -2.10. The van der Waals surface area contributed by atoms with Crippen LogP contribution in [0.5, 0.6) is 0 Å². The van der Waals surface area contributed by atoms with Gasteiger partial charge in [-0.2, -0.15) is 10.5 Å². The van der Waals surface area contributed by atoms with E-state index < -0.39 is 5.82 Å². The van der Waals surface area contributed by atoms with E-state index >= 15 is 0 Å². The first-order valence-corrected chi connectivity index (χ1v) is 5.69. The van der Waals surface area contributed by atoms with E-state index in [0.717, 1.165) is 6.07 Å². The number of nitriles is 2. The fourth-order valence-electron chi connectivity index (χ4n) is 1.60. The maximum absolute atomic E-state index is 13.0. The first-order valence-electron chi connectivity index (χ1n) is 5.31. The number of hydrogen-bond donors (Lipinski definition) is 1. The van der Waals surface area contributed by atoms with Gasteiger partial charge in [-0.15, -0.1) is 0 Å². The Labute approximate surface area is 114 Å². The first kappa shape index (κ1) is 12.9. The predicted molar refractivity (Wildman–Crippen MR) is 70.6 cm³/mol. The van der Waals surface area contributed by atoms with E-state index in [9.17, 15) is 4.39 Å². The number of hydrogen-bond acceptors (Lipinski definition) is 3. The third kappa shape index (κ3) is 2.65. The Morgan fingerprint density at radius 3 is 2.53 bits per heavy atom. The standard InChI is InChI=1S/C14H7ClFN3/c15-12-2-1-3-14(11(12)8-18)19-13-5-4-10(16)6-9(13)7-17/h1-6,19H. The van der Waals surface area contributed by atoms with Gasteiger partial charge < -0.3 is 5.32 Å². The molecule has 2 rings (SSSR count). The molecule has 0 saturated carbocycles. The van der Waals surface area contributed by atoms with Gasteiger partial charge in [0.1, 0.15) is 18.0 Å². The van der Waals surface area contributed by atoms with Crippen molar-refractivity contribution in [3.63, 3.8) is 0 Å². The molecule has 0 amide bonds. The van der Waals surface area contributed by atoms with Crippen molar-refractivity contribution in [3.05, 3.63) is 58.4 Å². The van der Waals surface area contributed by atoms with Gasteiger partial charge >= 0.3 is 0 Å². The summed E-state index contributed by atoms with van der Waals surface area (Å²) < 4.78 is 13.0. The highest BCUT2D eigenvalue weighted by Crippen LogP contribution is 2.28. The normalized spacial score (nSPS) is 9.47. The molecule has 19 heavy (non-hydrogen) atoms.